The number of rotatable bonds is 6. The summed E-state index contributed by atoms with van der Waals surface area (Å²) in [4.78, 5) is 12.6. The summed E-state index contributed by atoms with van der Waals surface area (Å²) in [5.41, 5.74) is 1.55. The van der Waals surface area contributed by atoms with Crippen molar-refractivity contribution in [2.75, 3.05) is 5.32 Å². The average molecular weight is 382 g/mol. The van der Waals surface area contributed by atoms with Crippen LogP contribution in [0.2, 0.25) is 5.02 Å². The number of amides is 1. The molecule has 0 saturated carbocycles. The maximum atomic E-state index is 12.6. The fourth-order valence-electron chi connectivity index (χ4n) is 2.49. The first-order valence-corrected chi connectivity index (χ1v) is 8.96. The molecule has 3 aromatic carbocycles. The Balaban J connectivity index is 1.73. The predicted octanol–water partition coefficient (Wildman–Crippen LogP) is 5.85. The number of anilines is 1. The van der Waals surface area contributed by atoms with Crippen LogP contribution in [0.3, 0.4) is 0 Å². The van der Waals surface area contributed by atoms with E-state index in [9.17, 15) is 4.79 Å². The van der Waals surface area contributed by atoms with Crippen LogP contribution in [0, 0.1) is 6.92 Å². The SMILES string of the molecule is Cc1cccc(O[C@@H](C)C(=O)Nc2cc(Cl)ccc2Oc2ccccc2)c1. The number of carbonyl (C=O) groups is 1. The van der Waals surface area contributed by atoms with Gasteiger partial charge in [-0.25, -0.2) is 0 Å². The molecule has 5 heteroatoms. The molecule has 1 atom stereocenters. The second kappa shape index (κ2) is 8.60. The van der Waals surface area contributed by atoms with Gasteiger partial charge in [0.05, 0.1) is 5.69 Å². The number of hydrogen-bond acceptors (Lipinski definition) is 3. The van der Waals surface area contributed by atoms with E-state index in [1.165, 1.54) is 0 Å². The van der Waals surface area contributed by atoms with Gasteiger partial charge in [-0.1, -0.05) is 41.9 Å². The molecule has 0 heterocycles. The molecule has 0 spiro atoms. The summed E-state index contributed by atoms with van der Waals surface area (Å²) < 4.78 is 11.6. The lowest BCUT2D eigenvalue weighted by molar-refractivity contribution is -0.122. The largest absolute Gasteiger partial charge is 0.481 e. The van der Waals surface area contributed by atoms with Crippen molar-refractivity contribution in [1.29, 1.82) is 0 Å². The summed E-state index contributed by atoms with van der Waals surface area (Å²) in [6, 6.07) is 22.0. The van der Waals surface area contributed by atoms with Gasteiger partial charge in [-0.2, -0.15) is 0 Å². The molecule has 1 N–H and O–H groups in total. The third-order valence-electron chi connectivity index (χ3n) is 3.84. The van der Waals surface area contributed by atoms with Crippen LogP contribution in [-0.2, 0) is 4.79 Å². The van der Waals surface area contributed by atoms with Crippen molar-refractivity contribution in [3.05, 3.63) is 83.4 Å². The Kier molecular flexibility index (Phi) is 5.99. The average Bonchev–Trinajstić information content (AvgIpc) is 2.65. The molecule has 0 aliphatic carbocycles. The zero-order valence-electron chi connectivity index (χ0n) is 15.1. The molecule has 0 fully saturated rings. The van der Waals surface area contributed by atoms with Gasteiger partial charge in [-0.15, -0.1) is 0 Å². The van der Waals surface area contributed by atoms with Gasteiger partial charge in [-0.05, 0) is 61.9 Å². The minimum atomic E-state index is -0.685. The van der Waals surface area contributed by atoms with Gasteiger partial charge < -0.3 is 14.8 Å². The van der Waals surface area contributed by atoms with Crippen molar-refractivity contribution in [2.45, 2.75) is 20.0 Å². The van der Waals surface area contributed by atoms with Gasteiger partial charge in [0.2, 0.25) is 0 Å². The highest BCUT2D eigenvalue weighted by molar-refractivity contribution is 6.31. The number of ether oxygens (including phenoxy) is 2. The van der Waals surface area contributed by atoms with Crippen LogP contribution in [-0.4, -0.2) is 12.0 Å². The van der Waals surface area contributed by atoms with Crippen LogP contribution < -0.4 is 14.8 Å². The molecule has 138 valence electrons. The lowest BCUT2D eigenvalue weighted by Crippen LogP contribution is -2.30. The van der Waals surface area contributed by atoms with Crippen molar-refractivity contribution in [3.63, 3.8) is 0 Å². The van der Waals surface area contributed by atoms with E-state index in [0.29, 0.717) is 28.0 Å². The highest BCUT2D eigenvalue weighted by atomic mass is 35.5. The molecule has 3 aromatic rings. The molecule has 3 rings (SSSR count). The summed E-state index contributed by atoms with van der Waals surface area (Å²) in [5.74, 6) is 1.52. The van der Waals surface area contributed by atoms with Crippen LogP contribution in [0.4, 0.5) is 5.69 Å². The molecule has 0 aromatic heterocycles. The topological polar surface area (TPSA) is 47.6 Å². The van der Waals surface area contributed by atoms with E-state index in [1.807, 2.05) is 61.5 Å². The van der Waals surface area contributed by atoms with E-state index in [4.69, 9.17) is 21.1 Å². The molecule has 0 aliphatic heterocycles. The van der Waals surface area contributed by atoms with Gasteiger partial charge in [0.15, 0.2) is 11.9 Å². The lowest BCUT2D eigenvalue weighted by Gasteiger charge is -2.17. The Labute approximate surface area is 163 Å². The molecular weight excluding hydrogens is 362 g/mol. The first kappa shape index (κ1) is 18.8. The summed E-state index contributed by atoms with van der Waals surface area (Å²) in [6.45, 7) is 3.66. The Bertz CT molecular complexity index is 928. The van der Waals surface area contributed by atoms with E-state index in [1.54, 1.807) is 25.1 Å². The number of aryl methyl sites for hydroxylation is 1. The molecule has 1 amide bonds. The van der Waals surface area contributed by atoms with Crippen molar-refractivity contribution in [1.82, 2.24) is 0 Å². The number of hydrogen-bond donors (Lipinski definition) is 1. The quantitative estimate of drug-likeness (QED) is 0.582. The van der Waals surface area contributed by atoms with Gasteiger partial charge in [0, 0.05) is 5.02 Å². The maximum absolute atomic E-state index is 12.6. The van der Waals surface area contributed by atoms with Crippen LogP contribution in [0.1, 0.15) is 12.5 Å². The first-order chi connectivity index (χ1) is 13.0. The molecule has 0 radical (unpaired) electrons. The Morgan fingerprint density at radius 3 is 2.44 bits per heavy atom. The Hall–Kier alpha value is -2.98. The zero-order chi connectivity index (χ0) is 19.2. The van der Waals surface area contributed by atoms with Crippen LogP contribution in [0.25, 0.3) is 0 Å². The summed E-state index contributed by atoms with van der Waals surface area (Å²) in [5, 5.41) is 3.33. The smallest absolute Gasteiger partial charge is 0.265 e. The number of carbonyl (C=O) groups excluding carboxylic acids is 1. The molecule has 4 nitrogen and oxygen atoms in total. The molecule has 0 aliphatic rings. The normalized spacial score (nSPS) is 11.5. The highest BCUT2D eigenvalue weighted by Crippen LogP contribution is 2.32. The maximum Gasteiger partial charge on any atom is 0.265 e. The summed E-state index contributed by atoms with van der Waals surface area (Å²) >= 11 is 6.09. The second-order valence-electron chi connectivity index (χ2n) is 6.12. The van der Waals surface area contributed by atoms with Gasteiger partial charge in [-0.3, -0.25) is 4.79 Å². The minimum Gasteiger partial charge on any atom is -0.481 e. The van der Waals surface area contributed by atoms with Crippen molar-refractivity contribution in [3.8, 4) is 17.2 Å². The highest BCUT2D eigenvalue weighted by Gasteiger charge is 2.17. The molecular formula is C22H20ClNO3. The van der Waals surface area contributed by atoms with E-state index in [0.717, 1.165) is 5.56 Å². The molecule has 0 bridgehead atoms. The lowest BCUT2D eigenvalue weighted by atomic mass is 10.2. The number of benzene rings is 3. The fourth-order valence-corrected chi connectivity index (χ4v) is 2.66. The minimum absolute atomic E-state index is 0.295. The fraction of sp³-hybridized carbons (Fsp3) is 0.136. The van der Waals surface area contributed by atoms with Crippen molar-refractivity contribution >= 4 is 23.2 Å². The molecule has 0 saturated heterocycles. The van der Waals surface area contributed by atoms with Crippen LogP contribution >= 0.6 is 11.6 Å². The standard InChI is InChI=1S/C22H20ClNO3/c1-15-7-6-10-19(13-15)26-16(2)22(25)24-20-14-17(23)11-12-21(20)27-18-8-4-3-5-9-18/h3-14,16H,1-2H3,(H,24,25)/t16-/m0/s1. The summed E-state index contributed by atoms with van der Waals surface area (Å²) in [6.07, 6.45) is -0.685. The third-order valence-corrected chi connectivity index (χ3v) is 4.08. The van der Waals surface area contributed by atoms with E-state index in [2.05, 4.69) is 5.32 Å². The zero-order valence-corrected chi connectivity index (χ0v) is 15.9. The van der Waals surface area contributed by atoms with Crippen molar-refractivity contribution < 1.29 is 14.3 Å². The van der Waals surface area contributed by atoms with Gasteiger partial charge in [0.1, 0.15) is 11.5 Å². The number of para-hydroxylation sites is 1. The number of halogens is 1. The van der Waals surface area contributed by atoms with E-state index in [-0.39, 0.29) is 5.91 Å². The van der Waals surface area contributed by atoms with Crippen LogP contribution in [0.5, 0.6) is 17.2 Å². The second-order valence-corrected chi connectivity index (χ2v) is 6.56. The van der Waals surface area contributed by atoms with Crippen LogP contribution in [0.15, 0.2) is 72.8 Å². The van der Waals surface area contributed by atoms with Gasteiger partial charge in [0.25, 0.3) is 5.91 Å². The summed E-state index contributed by atoms with van der Waals surface area (Å²) in [7, 11) is 0. The molecule has 0 unspecified atom stereocenters. The van der Waals surface area contributed by atoms with E-state index >= 15 is 0 Å². The third kappa shape index (κ3) is 5.25. The van der Waals surface area contributed by atoms with Gasteiger partial charge >= 0.3 is 0 Å². The Morgan fingerprint density at radius 2 is 1.70 bits per heavy atom. The first-order valence-electron chi connectivity index (χ1n) is 8.58. The number of nitrogens with one attached hydrogen (secondary N) is 1. The van der Waals surface area contributed by atoms with E-state index < -0.39 is 6.10 Å². The van der Waals surface area contributed by atoms with Crippen molar-refractivity contribution in [2.24, 2.45) is 0 Å². The molecule has 27 heavy (non-hydrogen) atoms. The predicted molar refractivity (Wildman–Crippen MR) is 108 cm³/mol. The monoisotopic (exact) mass is 381 g/mol. The Morgan fingerprint density at radius 1 is 0.963 bits per heavy atom.